The first-order chi connectivity index (χ1) is 11.4. The second kappa shape index (κ2) is 9.80. The van der Waals surface area contributed by atoms with Crippen molar-refractivity contribution in [2.24, 2.45) is 5.92 Å². The van der Waals surface area contributed by atoms with Crippen LogP contribution in [0, 0.1) is 5.92 Å². The zero-order valence-corrected chi connectivity index (χ0v) is 15.2. The number of hydrogen-bond donors (Lipinski definition) is 1. The standard InChI is InChI=1S/C18H28N2O4/c1-13(2)6-8-20(14(3)21)9-7-19-18(22)15-10-16(23-4)12-17(11-15)24-5/h10-13H,6-9H2,1-5H3,(H,19,22). The van der Waals surface area contributed by atoms with E-state index in [0.29, 0.717) is 42.6 Å². The molecule has 2 amide bonds. The Morgan fingerprint density at radius 1 is 1.08 bits per heavy atom. The Hall–Kier alpha value is -2.24. The largest absolute Gasteiger partial charge is 0.497 e. The lowest BCUT2D eigenvalue weighted by atomic mass is 10.1. The van der Waals surface area contributed by atoms with E-state index in [4.69, 9.17) is 9.47 Å². The third-order valence-electron chi connectivity index (χ3n) is 3.70. The molecule has 0 heterocycles. The van der Waals surface area contributed by atoms with Gasteiger partial charge in [0, 0.05) is 38.2 Å². The molecule has 0 aliphatic rings. The first-order valence-electron chi connectivity index (χ1n) is 8.14. The molecule has 0 bridgehead atoms. The molecule has 0 saturated heterocycles. The molecular weight excluding hydrogens is 308 g/mol. The number of rotatable bonds is 9. The highest BCUT2D eigenvalue weighted by Crippen LogP contribution is 2.22. The summed E-state index contributed by atoms with van der Waals surface area (Å²) in [7, 11) is 3.08. The van der Waals surface area contributed by atoms with Gasteiger partial charge in [-0.2, -0.15) is 0 Å². The molecule has 0 atom stereocenters. The minimum atomic E-state index is -0.223. The van der Waals surface area contributed by atoms with Crippen LogP contribution in [0.25, 0.3) is 0 Å². The zero-order chi connectivity index (χ0) is 18.1. The average Bonchev–Trinajstić information content (AvgIpc) is 2.56. The predicted molar refractivity (Wildman–Crippen MR) is 93.6 cm³/mol. The summed E-state index contributed by atoms with van der Waals surface area (Å²) in [5.74, 6) is 1.45. The number of hydrogen-bond acceptors (Lipinski definition) is 4. The maximum atomic E-state index is 12.3. The Balaban J connectivity index is 2.60. The minimum Gasteiger partial charge on any atom is -0.497 e. The molecular formula is C18H28N2O4. The number of methoxy groups -OCH3 is 2. The van der Waals surface area contributed by atoms with E-state index in [1.807, 2.05) is 0 Å². The molecule has 6 nitrogen and oxygen atoms in total. The van der Waals surface area contributed by atoms with Gasteiger partial charge in [0.1, 0.15) is 11.5 Å². The van der Waals surface area contributed by atoms with E-state index in [0.717, 1.165) is 6.42 Å². The summed E-state index contributed by atoms with van der Waals surface area (Å²) in [5, 5.41) is 2.83. The Labute approximate surface area is 144 Å². The predicted octanol–water partition coefficient (Wildman–Crippen LogP) is 2.33. The van der Waals surface area contributed by atoms with Gasteiger partial charge >= 0.3 is 0 Å². The average molecular weight is 336 g/mol. The van der Waals surface area contributed by atoms with Gasteiger partial charge in [-0.25, -0.2) is 0 Å². The molecule has 134 valence electrons. The van der Waals surface area contributed by atoms with Gasteiger partial charge in [0.15, 0.2) is 0 Å². The molecule has 1 N–H and O–H groups in total. The quantitative estimate of drug-likeness (QED) is 0.751. The maximum Gasteiger partial charge on any atom is 0.251 e. The smallest absolute Gasteiger partial charge is 0.251 e. The summed E-state index contributed by atoms with van der Waals surface area (Å²) in [6, 6.07) is 5.01. The van der Waals surface area contributed by atoms with Crippen molar-refractivity contribution < 1.29 is 19.1 Å². The summed E-state index contributed by atoms with van der Waals surface area (Å²) in [6.45, 7) is 7.39. The summed E-state index contributed by atoms with van der Waals surface area (Å²) < 4.78 is 10.3. The summed E-state index contributed by atoms with van der Waals surface area (Å²) in [5.41, 5.74) is 0.461. The van der Waals surface area contributed by atoms with Crippen LogP contribution in [-0.4, -0.2) is 50.6 Å². The molecule has 0 spiro atoms. The van der Waals surface area contributed by atoms with Crippen molar-refractivity contribution in [3.63, 3.8) is 0 Å². The summed E-state index contributed by atoms with van der Waals surface area (Å²) in [6.07, 6.45) is 0.945. The molecule has 0 aliphatic heterocycles. The molecule has 0 aromatic heterocycles. The highest BCUT2D eigenvalue weighted by atomic mass is 16.5. The summed E-state index contributed by atoms with van der Waals surface area (Å²) in [4.78, 5) is 25.7. The minimum absolute atomic E-state index is 0.0212. The third kappa shape index (κ3) is 6.48. The van der Waals surface area contributed by atoms with Gasteiger partial charge in [-0.15, -0.1) is 0 Å². The van der Waals surface area contributed by atoms with Gasteiger partial charge in [-0.3, -0.25) is 9.59 Å². The number of benzene rings is 1. The fraction of sp³-hybridized carbons (Fsp3) is 0.556. The second-order valence-corrected chi connectivity index (χ2v) is 6.05. The van der Waals surface area contributed by atoms with Crippen LogP contribution in [0.5, 0.6) is 11.5 Å². The van der Waals surface area contributed by atoms with Gasteiger partial charge in [0.25, 0.3) is 5.91 Å². The maximum absolute atomic E-state index is 12.3. The lowest BCUT2D eigenvalue weighted by Crippen LogP contribution is -2.38. The molecule has 1 aromatic carbocycles. The normalized spacial score (nSPS) is 10.4. The molecule has 6 heteroatoms. The zero-order valence-electron chi connectivity index (χ0n) is 15.2. The fourth-order valence-electron chi connectivity index (χ4n) is 2.19. The van der Waals surface area contributed by atoms with Crippen molar-refractivity contribution >= 4 is 11.8 Å². The van der Waals surface area contributed by atoms with Crippen molar-refractivity contribution in [3.8, 4) is 11.5 Å². The first-order valence-corrected chi connectivity index (χ1v) is 8.14. The number of nitrogens with one attached hydrogen (secondary N) is 1. The highest BCUT2D eigenvalue weighted by Gasteiger charge is 2.12. The van der Waals surface area contributed by atoms with Crippen molar-refractivity contribution in [1.82, 2.24) is 10.2 Å². The molecule has 24 heavy (non-hydrogen) atoms. The fourth-order valence-corrected chi connectivity index (χ4v) is 2.19. The second-order valence-electron chi connectivity index (χ2n) is 6.05. The molecule has 0 unspecified atom stereocenters. The van der Waals surface area contributed by atoms with Crippen LogP contribution < -0.4 is 14.8 Å². The number of carbonyl (C=O) groups is 2. The van der Waals surface area contributed by atoms with E-state index in [9.17, 15) is 9.59 Å². The van der Waals surface area contributed by atoms with Crippen LogP contribution in [-0.2, 0) is 4.79 Å². The van der Waals surface area contributed by atoms with Crippen molar-refractivity contribution in [3.05, 3.63) is 23.8 Å². The van der Waals surface area contributed by atoms with Crippen LogP contribution in [0.1, 0.15) is 37.6 Å². The van der Waals surface area contributed by atoms with E-state index < -0.39 is 0 Å². The Morgan fingerprint density at radius 3 is 2.12 bits per heavy atom. The number of amides is 2. The van der Waals surface area contributed by atoms with Gasteiger partial charge in [-0.05, 0) is 24.5 Å². The van der Waals surface area contributed by atoms with Gasteiger partial charge in [0.2, 0.25) is 5.91 Å². The van der Waals surface area contributed by atoms with Crippen molar-refractivity contribution in [2.75, 3.05) is 33.9 Å². The van der Waals surface area contributed by atoms with Crippen molar-refractivity contribution in [2.45, 2.75) is 27.2 Å². The molecule has 0 fully saturated rings. The van der Waals surface area contributed by atoms with E-state index in [1.54, 1.807) is 30.0 Å². The molecule has 1 aromatic rings. The van der Waals surface area contributed by atoms with Crippen LogP contribution in [0.4, 0.5) is 0 Å². The number of ether oxygens (including phenoxy) is 2. The van der Waals surface area contributed by atoms with Crippen molar-refractivity contribution in [1.29, 1.82) is 0 Å². The monoisotopic (exact) mass is 336 g/mol. The Bertz CT molecular complexity index is 536. The van der Waals surface area contributed by atoms with Crippen LogP contribution in [0.3, 0.4) is 0 Å². The van der Waals surface area contributed by atoms with E-state index in [2.05, 4.69) is 19.2 Å². The van der Waals surface area contributed by atoms with E-state index in [-0.39, 0.29) is 11.8 Å². The van der Waals surface area contributed by atoms with E-state index >= 15 is 0 Å². The topological polar surface area (TPSA) is 67.9 Å². The molecule has 1 rings (SSSR count). The van der Waals surface area contributed by atoms with Crippen LogP contribution >= 0.6 is 0 Å². The van der Waals surface area contributed by atoms with Crippen LogP contribution in [0.2, 0.25) is 0 Å². The van der Waals surface area contributed by atoms with E-state index in [1.165, 1.54) is 14.2 Å². The lowest BCUT2D eigenvalue weighted by Gasteiger charge is -2.22. The molecule has 0 radical (unpaired) electrons. The van der Waals surface area contributed by atoms with Gasteiger partial charge in [-0.1, -0.05) is 13.8 Å². The van der Waals surface area contributed by atoms with Gasteiger partial charge in [0.05, 0.1) is 14.2 Å². The molecule has 0 aliphatic carbocycles. The lowest BCUT2D eigenvalue weighted by molar-refractivity contribution is -0.128. The Kier molecular flexibility index (Phi) is 8.09. The van der Waals surface area contributed by atoms with Crippen LogP contribution in [0.15, 0.2) is 18.2 Å². The third-order valence-corrected chi connectivity index (χ3v) is 3.70. The first kappa shape index (κ1) is 19.8. The SMILES string of the molecule is COc1cc(OC)cc(C(=O)NCCN(CCC(C)C)C(C)=O)c1. The number of carbonyl (C=O) groups excluding carboxylic acids is 2. The van der Waals surface area contributed by atoms with Gasteiger partial charge < -0.3 is 19.7 Å². The molecule has 0 saturated carbocycles. The Morgan fingerprint density at radius 2 is 1.67 bits per heavy atom. The number of nitrogens with zero attached hydrogens (tertiary/aromatic N) is 1. The summed E-state index contributed by atoms with van der Waals surface area (Å²) >= 11 is 0. The highest BCUT2D eigenvalue weighted by molar-refractivity contribution is 5.95.